The number of carbonyl (C=O) groups excluding carboxylic acids is 1. The van der Waals surface area contributed by atoms with Crippen LogP contribution in [0, 0.1) is 5.92 Å². The quantitative estimate of drug-likeness (QED) is 0.901. The molecule has 24 heavy (non-hydrogen) atoms. The van der Waals surface area contributed by atoms with Crippen LogP contribution in [-0.2, 0) is 9.53 Å². The first-order valence-corrected chi connectivity index (χ1v) is 8.46. The van der Waals surface area contributed by atoms with E-state index in [1.807, 2.05) is 9.47 Å². The van der Waals surface area contributed by atoms with Gasteiger partial charge in [-0.1, -0.05) is 0 Å². The monoisotopic (exact) mass is 330 g/mol. The van der Waals surface area contributed by atoms with E-state index < -0.39 is 0 Å². The molecule has 2 aliphatic rings. The predicted molar refractivity (Wildman–Crippen MR) is 88.1 cm³/mol. The second-order valence-electron chi connectivity index (χ2n) is 6.69. The number of imidazole rings is 1. The summed E-state index contributed by atoms with van der Waals surface area (Å²) in [6.07, 6.45) is 5.85. The van der Waals surface area contributed by atoms with Crippen LogP contribution in [0.1, 0.15) is 32.2 Å². The first-order valence-electron chi connectivity index (χ1n) is 8.46. The molecule has 2 saturated heterocycles. The number of hydrogen-bond acceptors (Lipinski definition) is 6. The van der Waals surface area contributed by atoms with Crippen LogP contribution in [-0.4, -0.2) is 56.1 Å². The lowest BCUT2D eigenvalue weighted by molar-refractivity contribution is -0.131. The van der Waals surface area contributed by atoms with Gasteiger partial charge in [0, 0.05) is 26.1 Å². The smallest absolute Gasteiger partial charge is 0.223 e. The molecule has 2 fully saturated rings. The van der Waals surface area contributed by atoms with Gasteiger partial charge in [0.25, 0.3) is 0 Å². The number of aromatic nitrogens is 4. The van der Waals surface area contributed by atoms with Crippen LogP contribution >= 0.6 is 0 Å². The van der Waals surface area contributed by atoms with Gasteiger partial charge >= 0.3 is 0 Å². The summed E-state index contributed by atoms with van der Waals surface area (Å²) in [7, 11) is 0. The highest BCUT2D eigenvalue weighted by Gasteiger charge is 2.32. The molecule has 0 radical (unpaired) electrons. The van der Waals surface area contributed by atoms with Gasteiger partial charge in [0.1, 0.15) is 11.8 Å². The van der Waals surface area contributed by atoms with E-state index in [2.05, 4.69) is 21.9 Å². The Hall–Kier alpha value is -2.22. The minimum Gasteiger partial charge on any atom is -0.382 e. The van der Waals surface area contributed by atoms with Gasteiger partial charge in [0.15, 0.2) is 11.5 Å². The topological polar surface area (TPSA) is 99.2 Å². The number of fused-ring (bicyclic) bond motifs is 1. The van der Waals surface area contributed by atoms with Gasteiger partial charge in [0.2, 0.25) is 5.91 Å². The molecule has 1 amide bonds. The number of anilines is 1. The van der Waals surface area contributed by atoms with Crippen LogP contribution in [0.2, 0.25) is 0 Å². The Balaban J connectivity index is 1.46. The molecule has 0 bridgehead atoms. The minimum absolute atomic E-state index is 0.185. The van der Waals surface area contributed by atoms with Gasteiger partial charge in [-0.2, -0.15) is 0 Å². The third-order valence-electron chi connectivity index (χ3n) is 5.27. The van der Waals surface area contributed by atoms with Crippen LogP contribution in [0.3, 0.4) is 0 Å². The highest BCUT2D eigenvalue weighted by atomic mass is 16.5. The van der Waals surface area contributed by atoms with Gasteiger partial charge < -0.3 is 19.9 Å². The molecule has 8 heteroatoms. The van der Waals surface area contributed by atoms with Crippen LogP contribution in [0.25, 0.3) is 11.2 Å². The van der Waals surface area contributed by atoms with Gasteiger partial charge in [-0.25, -0.2) is 15.0 Å². The second kappa shape index (κ2) is 6.01. The largest absolute Gasteiger partial charge is 0.382 e. The molecule has 0 aliphatic carbocycles. The van der Waals surface area contributed by atoms with Crippen LogP contribution in [0.4, 0.5) is 5.82 Å². The van der Waals surface area contributed by atoms with Crippen molar-refractivity contribution in [1.82, 2.24) is 24.4 Å². The SMILES string of the molecule is CC1OCCC1CC(=O)N1CCC(n2cnc3c(N)ncnc32)C1. The molecule has 2 aliphatic heterocycles. The molecule has 4 heterocycles. The fourth-order valence-electron chi connectivity index (χ4n) is 3.73. The molecule has 8 nitrogen and oxygen atoms in total. The fourth-order valence-corrected chi connectivity index (χ4v) is 3.73. The molecular formula is C16H22N6O2. The summed E-state index contributed by atoms with van der Waals surface area (Å²) < 4.78 is 7.58. The van der Waals surface area contributed by atoms with Crippen molar-refractivity contribution in [2.24, 2.45) is 5.92 Å². The lowest BCUT2D eigenvalue weighted by Crippen LogP contribution is -2.31. The zero-order chi connectivity index (χ0) is 16.7. The van der Waals surface area contributed by atoms with Gasteiger partial charge in [-0.3, -0.25) is 4.79 Å². The summed E-state index contributed by atoms with van der Waals surface area (Å²) in [4.78, 5) is 27.1. The lowest BCUT2D eigenvalue weighted by Gasteiger charge is -2.20. The number of amides is 1. The number of nitrogens with two attached hydrogens (primary N) is 1. The number of likely N-dealkylation sites (tertiary alicyclic amines) is 1. The minimum atomic E-state index is 0.185. The summed E-state index contributed by atoms with van der Waals surface area (Å²) >= 11 is 0. The number of hydrogen-bond donors (Lipinski definition) is 1. The van der Waals surface area contributed by atoms with Crippen molar-refractivity contribution in [2.75, 3.05) is 25.4 Å². The summed E-state index contributed by atoms with van der Waals surface area (Å²) in [6.45, 7) is 4.28. The third kappa shape index (κ3) is 2.60. The third-order valence-corrected chi connectivity index (χ3v) is 5.27. The highest BCUT2D eigenvalue weighted by Crippen LogP contribution is 2.29. The Labute approximate surface area is 140 Å². The van der Waals surface area contributed by atoms with E-state index in [4.69, 9.17) is 10.5 Å². The number of carbonyl (C=O) groups is 1. The molecule has 2 aromatic rings. The molecule has 0 spiro atoms. The molecule has 0 saturated carbocycles. The predicted octanol–water partition coefficient (Wildman–Crippen LogP) is 0.997. The normalized spacial score (nSPS) is 27.2. The van der Waals surface area contributed by atoms with E-state index in [0.29, 0.717) is 30.2 Å². The number of rotatable bonds is 3. The van der Waals surface area contributed by atoms with Crippen molar-refractivity contribution in [3.05, 3.63) is 12.7 Å². The van der Waals surface area contributed by atoms with Gasteiger partial charge in [-0.05, 0) is 25.7 Å². The molecule has 2 N–H and O–H groups in total. The van der Waals surface area contributed by atoms with Crippen molar-refractivity contribution in [3.8, 4) is 0 Å². The molecule has 128 valence electrons. The zero-order valence-corrected chi connectivity index (χ0v) is 13.8. The maximum atomic E-state index is 12.6. The lowest BCUT2D eigenvalue weighted by atomic mass is 9.98. The Bertz CT molecular complexity index is 760. The van der Waals surface area contributed by atoms with Crippen LogP contribution in [0.15, 0.2) is 12.7 Å². The van der Waals surface area contributed by atoms with Crippen molar-refractivity contribution in [1.29, 1.82) is 0 Å². The number of nitrogens with zero attached hydrogens (tertiary/aromatic N) is 5. The van der Waals surface area contributed by atoms with Gasteiger partial charge in [0.05, 0.1) is 18.5 Å². The Kier molecular flexibility index (Phi) is 3.84. The molecule has 3 unspecified atom stereocenters. The van der Waals surface area contributed by atoms with E-state index in [1.54, 1.807) is 6.33 Å². The van der Waals surface area contributed by atoms with E-state index in [-0.39, 0.29) is 18.1 Å². The zero-order valence-electron chi connectivity index (χ0n) is 13.8. The Morgan fingerprint density at radius 3 is 3.04 bits per heavy atom. The Morgan fingerprint density at radius 1 is 1.38 bits per heavy atom. The summed E-state index contributed by atoms with van der Waals surface area (Å²) in [5.41, 5.74) is 7.20. The van der Waals surface area contributed by atoms with E-state index in [9.17, 15) is 4.79 Å². The van der Waals surface area contributed by atoms with Crippen molar-refractivity contribution in [2.45, 2.75) is 38.3 Å². The van der Waals surface area contributed by atoms with Crippen LogP contribution in [0.5, 0.6) is 0 Å². The average molecular weight is 330 g/mol. The molecule has 4 rings (SSSR count). The van der Waals surface area contributed by atoms with Crippen LogP contribution < -0.4 is 5.73 Å². The van der Waals surface area contributed by atoms with Crippen molar-refractivity contribution in [3.63, 3.8) is 0 Å². The van der Waals surface area contributed by atoms with Crippen molar-refractivity contribution >= 4 is 22.9 Å². The first-order chi connectivity index (χ1) is 11.6. The van der Waals surface area contributed by atoms with E-state index in [1.165, 1.54) is 6.33 Å². The van der Waals surface area contributed by atoms with Gasteiger partial charge in [-0.15, -0.1) is 0 Å². The molecular weight excluding hydrogens is 308 g/mol. The van der Waals surface area contributed by atoms with E-state index >= 15 is 0 Å². The van der Waals surface area contributed by atoms with Crippen molar-refractivity contribution < 1.29 is 9.53 Å². The number of ether oxygens (including phenoxy) is 1. The summed E-state index contributed by atoms with van der Waals surface area (Å²) in [5, 5.41) is 0. The average Bonchev–Trinajstić information content (AvgIpc) is 3.27. The first kappa shape index (κ1) is 15.3. The standard InChI is InChI=1S/C16H22N6O2/c1-10-11(3-5-24-10)6-13(23)21-4-2-12(7-21)22-9-20-14-15(17)18-8-19-16(14)22/h8-12H,2-7H2,1H3,(H2,17,18,19). The molecule has 0 aromatic carbocycles. The molecule has 3 atom stereocenters. The fraction of sp³-hybridized carbons (Fsp3) is 0.625. The summed E-state index contributed by atoms with van der Waals surface area (Å²) in [6, 6.07) is 0.186. The Morgan fingerprint density at radius 2 is 2.25 bits per heavy atom. The second-order valence-corrected chi connectivity index (χ2v) is 6.69. The van der Waals surface area contributed by atoms with E-state index in [0.717, 1.165) is 31.6 Å². The highest BCUT2D eigenvalue weighted by molar-refractivity contribution is 5.81. The maximum absolute atomic E-state index is 12.6. The maximum Gasteiger partial charge on any atom is 0.223 e. The molecule has 2 aromatic heterocycles. The summed E-state index contributed by atoms with van der Waals surface area (Å²) in [5.74, 6) is 0.955. The number of nitrogen functional groups attached to an aromatic ring is 1.